The lowest BCUT2D eigenvalue weighted by atomic mass is 10.1. The van der Waals surface area contributed by atoms with Crippen LogP contribution in [0, 0.1) is 0 Å². The van der Waals surface area contributed by atoms with Crippen molar-refractivity contribution in [1.82, 2.24) is 9.80 Å². The molecule has 1 aromatic rings. The fourth-order valence-corrected chi connectivity index (χ4v) is 4.01. The number of fused-ring (bicyclic) bond motifs is 1. The zero-order valence-corrected chi connectivity index (χ0v) is 14.9. The van der Waals surface area contributed by atoms with Crippen LogP contribution in [0.25, 0.3) is 0 Å². The van der Waals surface area contributed by atoms with Gasteiger partial charge >= 0.3 is 0 Å². The van der Waals surface area contributed by atoms with Gasteiger partial charge in [-0.1, -0.05) is 11.6 Å². The molecule has 2 fully saturated rings. The molecule has 3 rings (SSSR count). The summed E-state index contributed by atoms with van der Waals surface area (Å²) in [5, 5.41) is 0.762. The van der Waals surface area contributed by atoms with E-state index in [1.54, 1.807) is 7.11 Å². The normalized spacial score (nSPS) is 22.7. The van der Waals surface area contributed by atoms with Crippen molar-refractivity contribution in [1.29, 1.82) is 0 Å². The molecule has 1 atom stereocenters. The third-order valence-electron chi connectivity index (χ3n) is 4.91. The number of ether oxygens (including phenoxy) is 2. The zero-order valence-electron chi connectivity index (χ0n) is 14.2. The molecular formula is C18H27ClN2O2. The van der Waals surface area contributed by atoms with Gasteiger partial charge in [-0.2, -0.15) is 0 Å². The minimum Gasteiger partial charge on any atom is -0.493 e. The number of hydrogen-bond donors (Lipinski definition) is 0. The molecule has 0 spiro atoms. The van der Waals surface area contributed by atoms with Gasteiger partial charge in [0.1, 0.15) is 0 Å². The SMILES string of the molecule is CCOc1cc(CN2CCCN3CCC[C@H]3C2)c(Cl)cc1OC. The zero-order chi connectivity index (χ0) is 16.2. The Morgan fingerprint density at radius 1 is 1.17 bits per heavy atom. The number of rotatable bonds is 5. The molecule has 2 saturated heterocycles. The van der Waals surface area contributed by atoms with E-state index < -0.39 is 0 Å². The van der Waals surface area contributed by atoms with Gasteiger partial charge in [-0.15, -0.1) is 0 Å². The second kappa shape index (κ2) is 7.73. The van der Waals surface area contributed by atoms with Gasteiger partial charge in [-0.25, -0.2) is 0 Å². The second-order valence-corrected chi connectivity index (χ2v) is 6.86. The van der Waals surface area contributed by atoms with Crippen molar-refractivity contribution in [3.63, 3.8) is 0 Å². The van der Waals surface area contributed by atoms with Crippen molar-refractivity contribution in [2.75, 3.05) is 39.9 Å². The highest BCUT2D eigenvalue weighted by atomic mass is 35.5. The predicted octanol–water partition coefficient (Wildman–Crippen LogP) is 3.42. The molecule has 1 aromatic carbocycles. The van der Waals surface area contributed by atoms with Crippen LogP contribution in [0.3, 0.4) is 0 Å². The van der Waals surface area contributed by atoms with Gasteiger partial charge in [-0.3, -0.25) is 9.80 Å². The molecule has 4 nitrogen and oxygen atoms in total. The van der Waals surface area contributed by atoms with E-state index in [9.17, 15) is 0 Å². The van der Waals surface area contributed by atoms with Gasteiger partial charge < -0.3 is 9.47 Å². The molecule has 5 heteroatoms. The van der Waals surface area contributed by atoms with Crippen LogP contribution in [0.2, 0.25) is 5.02 Å². The molecule has 0 aliphatic carbocycles. The van der Waals surface area contributed by atoms with Crippen LogP contribution < -0.4 is 9.47 Å². The summed E-state index contributed by atoms with van der Waals surface area (Å²) in [6.45, 7) is 8.28. The molecule has 0 radical (unpaired) electrons. The van der Waals surface area contributed by atoms with Crippen LogP contribution in [0.4, 0.5) is 0 Å². The summed E-state index contributed by atoms with van der Waals surface area (Å²) in [7, 11) is 1.65. The lowest BCUT2D eigenvalue weighted by Gasteiger charge is -2.26. The van der Waals surface area contributed by atoms with E-state index in [1.165, 1.54) is 32.4 Å². The molecule has 2 heterocycles. The first-order valence-electron chi connectivity index (χ1n) is 8.67. The summed E-state index contributed by atoms with van der Waals surface area (Å²) in [6.07, 6.45) is 3.91. The monoisotopic (exact) mass is 338 g/mol. The van der Waals surface area contributed by atoms with Crippen LogP contribution >= 0.6 is 11.6 Å². The highest BCUT2D eigenvalue weighted by Gasteiger charge is 2.28. The van der Waals surface area contributed by atoms with Gasteiger partial charge in [0.2, 0.25) is 0 Å². The van der Waals surface area contributed by atoms with E-state index in [4.69, 9.17) is 21.1 Å². The van der Waals surface area contributed by atoms with Crippen LogP contribution in [0.1, 0.15) is 31.7 Å². The molecule has 2 aliphatic rings. The molecule has 2 aliphatic heterocycles. The quantitative estimate of drug-likeness (QED) is 0.821. The Bertz CT molecular complexity index is 538. The minimum absolute atomic E-state index is 0.623. The van der Waals surface area contributed by atoms with E-state index in [2.05, 4.69) is 9.80 Å². The highest BCUT2D eigenvalue weighted by Crippen LogP contribution is 2.34. The van der Waals surface area contributed by atoms with E-state index in [0.29, 0.717) is 12.4 Å². The van der Waals surface area contributed by atoms with Crippen LogP contribution in [0.15, 0.2) is 12.1 Å². The summed E-state index contributed by atoms with van der Waals surface area (Å²) in [4.78, 5) is 5.20. The Morgan fingerprint density at radius 3 is 2.78 bits per heavy atom. The summed E-state index contributed by atoms with van der Waals surface area (Å²) in [5.74, 6) is 1.49. The summed E-state index contributed by atoms with van der Waals surface area (Å²) in [5.41, 5.74) is 1.13. The molecule has 0 aromatic heterocycles. The van der Waals surface area contributed by atoms with Gasteiger partial charge in [-0.05, 0) is 57.5 Å². The van der Waals surface area contributed by atoms with Gasteiger partial charge in [0, 0.05) is 30.2 Å². The first-order chi connectivity index (χ1) is 11.2. The van der Waals surface area contributed by atoms with Crippen molar-refractivity contribution in [3.8, 4) is 11.5 Å². The topological polar surface area (TPSA) is 24.9 Å². The van der Waals surface area contributed by atoms with Crippen molar-refractivity contribution >= 4 is 11.6 Å². The Balaban J connectivity index is 1.74. The average Bonchev–Trinajstić information content (AvgIpc) is 2.89. The third kappa shape index (κ3) is 3.93. The van der Waals surface area contributed by atoms with Crippen molar-refractivity contribution in [2.24, 2.45) is 0 Å². The fraction of sp³-hybridized carbons (Fsp3) is 0.667. The maximum Gasteiger partial charge on any atom is 0.162 e. The van der Waals surface area contributed by atoms with E-state index in [-0.39, 0.29) is 0 Å². The first-order valence-corrected chi connectivity index (χ1v) is 9.04. The molecular weight excluding hydrogens is 312 g/mol. The van der Waals surface area contributed by atoms with Crippen molar-refractivity contribution < 1.29 is 9.47 Å². The molecule has 0 unspecified atom stereocenters. The first kappa shape index (κ1) is 16.9. The van der Waals surface area contributed by atoms with Gasteiger partial charge in [0.15, 0.2) is 11.5 Å². The van der Waals surface area contributed by atoms with Crippen LogP contribution in [-0.4, -0.2) is 55.7 Å². The van der Waals surface area contributed by atoms with Gasteiger partial charge in [0.05, 0.1) is 13.7 Å². The Labute approximate surface area is 144 Å². The van der Waals surface area contributed by atoms with E-state index >= 15 is 0 Å². The number of halogens is 1. The molecule has 0 saturated carbocycles. The standard InChI is InChI=1S/C18H27ClN2O2/c1-3-23-18-10-14(16(19)11-17(18)22-2)12-20-7-5-9-21-8-4-6-15(21)13-20/h10-11,15H,3-9,12-13H2,1-2H3/t15-/m0/s1. The molecule has 0 bridgehead atoms. The molecule has 0 N–H and O–H groups in total. The van der Waals surface area contributed by atoms with E-state index in [1.807, 2.05) is 19.1 Å². The Kier molecular flexibility index (Phi) is 5.67. The third-order valence-corrected chi connectivity index (χ3v) is 5.27. The largest absolute Gasteiger partial charge is 0.493 e. The number of benzene rings is 1. The van der Waals surface area contributed by atoms with Crippen molar-refractivity contribution in [3.05, 3.63) is 22.7 Å². The summed E-state index contributed by atoms with van der Waals surface area (Å²) >= 11 is 6.48. The lowest BCUT2D eigenvalue weighted by molar-refractivity contribution is 0.215. The number of methoxy groups -OCH3 is 1. The smallest absolute Gasteiger partial charge is 0.162 e. The predicted molar refractivity (Wildman–Crippen MR) is 93.7 cm³/mol. The summed E-state index contributed by atoms with van der Waals surface area (Å²) in [6, 6.07) is 4.64. The maximum absolute atomic E-state index is 6.48. The molecule has 23 heavy (non-hydrogen) atoms. The maximum atomic E-state index is 6.48. The number of hydrogen-bond acceptors (Lipinski definition) is 4. The Morgan fingerprint density at radius 2 is 2.00 bits per heavy atom. The lowest BCUT2D eigenvalue weighted by Crippen LogP contribution is -2.36. The van der Waals surface area contributed by atoms with Crippen molar-refractivity contribution in [2.45, 2.75) is 38.8 Å². The average molecular weight is 339 g/mol. The van der Waals surface area contributed by atoms with Crippen LogP contribution in [0.5, 0.6) is 11.5 Å². The van der Waals surface area contributed by atoms with Gasteiger partial charge in [0.25, 0.3) is 0 Å². The minimum atomic E-state index is 0.623. The molecule has 128 valence electrons. The Hall–Kier alpha value is -0.970. The molecule has 0 amide bonds. The summed E-state index contributed by atoms with van der Waals surface area (Å²) < 4.78 is 11.1. The van der Waals surface area contributed by atoms with E-state index in [0.717, 1.165) is 42.0 Å². The van der Waals surface area contributed by atoms with Crippen LogP contribution in [-0.2, 0) is 6.54 Å². The number of nitrogens with zero attached hydrogens (tertiary/aromatic N) is 2. The fourth-order valence-electron chi connectivity index (χ4n) is 3.79. The second-order valence-electron chi connectivity index (χ2n) is 6.45. The highest BCUT2D eigenvalue weighted by molar-refractivity contribution is 6.31.